The Bertz CT molecular complexity index is 244. The fourth-order valence-corrected chi connectivity index (χ4v) is 1.46. The highest BCUT2D eigenvalue weighted by molar-refractivity contribution is 5.08. The molecule has 3 nitrogen and oxygen atoms in total. The summed E-state index contributed by atoms with van der Waals surface area (Å²) in [5, 5.41) is 3.29. The number of hydrogen-bond donors (Lipinski definition) is 1. The summed E-state index contributed by atoms with van der Waals surface area (Å²) in [6.07, 6.45) is 4.16. The molecule has 1 fully saturated rings. The third-order valence-corrected chi connectivity index (χ3v) is 2.15. The molecule has 1 saturated heterocycles. The van der Waals surface area contributed by atoms with E-state index in [2.05, 4.69) is 16.4 Å². The van der Waals surface area contributed by atoms with E-state index in [1.807, 2.05) is 0 Å². The lowest BCUT2D eigenvalue weighted by atomic mass is 10.1. The molecule has 13 heavy (non-hydrogen) atoms. The summed E-state index contributed by atoms with van der Waals surface area (Å²) in [6.45, 7) is 2.09. The van der Waals surface area contributed by atoms with Crippen LogP contribution < -0.4 is 10.1 Å². The molecule has 1 aliphatic heterocycles. The van der Waals surface area contributed by atoms with Crippen molar-refractivity contribution >= 4 is 0 Å². The molecule has 0 unspecified atom stereocenters. The Morgan fingerprint density at radius 1 is 1.46 bits per heavy atom. The topological polar surface area (TPSA) is 34.1 Å². The number of ether oxygens (including phenoxy) is 1. The van der Waals surface area contributed by atoms with Crippen LogP contribution in [-0.4, -0.2) is 24.2 Å². The van der Waals surface area contributed by atoms with Gasteiger partial charge in [0.15, 0.2) is 0 Å². The van der Waals surface area contributed by atoms with Gasteiger partial charge in [-0.25, -0.2) is 4.98 Å². The second-order valence-electron chi connectivity index (χ2n) is 3.16. The Labute approximate surface area is 78.1 Å². The second kappa shape index (κ2) is 4.23. The molecular formula is C10H13N2O. The van der Waals surface area contributed by atoms with Gasteiger partial charge in [-0.05, 0) is 38.1 Å². The van der Waals surface area contributed by atoms with Crippen LogP contribution in [0.15, 0.2) is 18.3 Å². The minimum absolute atomic E-state index is 0.324. The molecule has 1 radical (unpaired) electrons. The molecule has 0 amide bonds. The fourth-order valence-electron chi connectivity index (χ4n) is 1.46. The van der Waals surface area contributed by atoms with Gasteiger partial charge in [-0.15, -0.1) is 0 Å². The molecule has 0 atom stereocenters. The molecule has 2 heterocycles. The molecule has 69 valence electrons. The molecule has 1 N–H and O–H groups in total. The quantitative estimate of drug-likeness (QED) is 0.732. The highest BCUT2D eigenvalue weighted by Gasteiger charge is 2.14. The third-order valence-electron chi connectivity index (χ3n) is 2.15. The molecule has 1 aromatic heterocycles. The maximum absolute atomic E-state index is 5.67. The van der Waals surface area contributed by atoms with Crippen LogP contribution in [0.3, 0.4) is 0 Å². The van der Waals surface area contributed by atoms with Crippen molar-refractivity contribution in [3.8, 4) is 5.88 Å². The van der Waals surface area contributed by atoms with Gasteiger partial charge in [-0.2, -0.15) is 0 Å². The van der Waals surface area contributed by atoms with E-state index in [-0.39, 0.29) is 0 Å². The van der Waals surface area contributed by atoms with Gasteiger partial charge in [0.2, 0.25) is 5.88 Å². The second-order valence-corrected chi connectivity index (χ2v) is 3.16. The normalized spacial score (nSPS) is 18.5. The van der Waals surface area contributed by atoms with Crippen LogP contribution in [0.5, 0.6) is 5.88 Å². The summed E-state index contributed by atoms with van der Waals surface area (Å²) >= 11 is 0. The van der Waals surface area contributed by atoms with Gasteiger partial charge in [-0.3, -0.25) is 0 Å². The number of pyridine rings is 1. The molecule has 0 spiro atoms. The Balaban J connectivity index is 1.90. The predicted molar refractivity (Wildman–Crippen MR) is 49.6 cm³/mol. The number of nitrogens with zero attached hydrogens (tertiary/aromatic N) is 1. The van der Waals surface area contributed by atoms with Gasteiger partial charge >= 0.3 is 0 Å². The van der Waals surface area contributed by atoms with E-state index in [0.29, 0.717) is 12.0 Å². The van der Waals surface area contributed by atoms with Crippen LogP contribution in [0, 0.1) is 6.07 Å². The van der Waals surface area contributed by atoms with E-state index in [0.717, 1.165) is 25.9 Å². The summed E-state index contributed by atoms with van der Waals surface area (Å²) in [7, 11) is 0. The number of aromatic nitrogens is 1. The van der Waals surface area contributed by atoms with Gasteiger partial charge < -0.3 is 10.1 Å². The summed E-state index contributed by atoms with van der Waals surface area (Å²) in [5.41, 5.74) is 0. The zero-order valence-corrected chi connectivity index (χ0v) is 7.49. The molecule has 0 aliphatic carbocycles. The molecule has 2 rings (SSSR count). The first-order valence-corrected chi connectivity index (χ1v) is 4.64. The third kappa shape index (κ3) is 2.42. The molecule has 0 aromatic carbocycles. The van der Waals surface area contributed by atoms with Crippen LogP contribution in [0.4, 0.5) is 0 Å². The number of nitrogens with one attached hydrogen (secondary N) is 1. The Morgan fingerprint density at radius 3 is 3.00 bits per heavy atom. The Kier molecular flexibility index (Phi) is 2.77. The fraction of sp³-hybridized carbons (Fsp3) is 0.500. The lowest BCUT2D eigenvalue weighted by Gasteiger charge is -2.22. The Hall–Kier alpha value is -1.09. The lowest BCUT2D eigenvalue weighted by Crippen LogP contribution is -2.34. The smallest absolute Gasteiger partial charge is 0.214 e. The maximum atomic E-state index is 5.67. The number of rotatable bonds is 2. The average molecular weight is 177 g/mol. The van der Waals surface area contributed by atoms with E-state index in [9.17, 15) is 0 Å². The van der Waals surface area contributed by atoms with Crippen molar-refractivity contribution in [1.29, 1.82) is 0 Å². The van der Waals surface area contributed by atoms with Crippen LogP contribution in [0.25, 0.3) is 0 Å². The zero-order chi connectivity index (χ0) is 8.93. The molecule has 1 aromatic rings. The number of piperidine rings is 1. The van der Waals surface area contributed by atoms with Gasteiger partial charge in [0, 0.05) is 12.3 Å². The van der Waals surface area contributed by atoms with Gasteiger partial charge in [0.05, 0.1) is 0 Å². The van der Waals surface area contributed by atoms with Crippen molar-refractivity contribution in [2.75, 3.05) is 13.1 Å². The summed E-state index contributed by atoms with van der Waals surface area (Å²) in [5.74, 6) is 0.689. The SMILES string of the molecule is [c]1ccnc(OC2CCNCC2)c1. The molecule has 0 saturated carbocycles. The van der Waals surface area contributed by atoms with Crippen LogP contribution in [0.1, 0.15) is 12.8 Å². The summed E-state index contributed by atoms with van der Waals surface area (Å²) in [4.78, 5) is 4.10. The first kappa shape index (κ1) is 8.51. The van der Waals surface area contributed by atoms with Crippen LogP contribution >= 0.6 is 0 Å². The van der Waals surface area contributed by atoms with Crippen LogP contribution in [0.2, 0.25) is 0 Å². The van der Waals surface area contributed by atoms with E-state index >= 15 is 0 Å². The highest BCUT2D eigenvalue weighted by atomic mass is 16.5. The van der Waals surface area contributed by atoms with Crippen molar-refractivity contribution in [1.82, 2.24) is 10.3 Å². The molecular weight excluding hydrogens is 164 g/mol. The largest absolute Gasteiger partial charge is 0.474 e. The lowest BCUT2D eigenvalue weighted by molar-refractivity contribution is 0.156. The monoisotopic (exact) mass is 177 g/mol. The van der Waals surface area contributed by atoms with Crippen molar-refractivity contribution in [2.24, 2.45) is 0 Å². The van der Waals surface area contributed by atoms with Gasteiger partial charge in [0.25, 0.3) is 0 Å². The maximum Gasteiger partial charge on any atom is 0.214 e. The summed E-state index contributed by atoms with van der Waals surface area (Å²) in [6, 6.07) is 6.50. The van der Waals surface area contributed by atoms with E-state index in [1.165, 1.54) is 0 Å². The Morgan fingerprint density at radius 2 is 2.31 bits per heavy atom. The molecule has 3 heteroatoms. The molecule has 0 bridgehead atoms. The van der Waals surface area contributed by atoms with E-state index in [1.54, 1.807) is 18.3 Å². The van der Waals surface area contributed by atoms with E-state index < -0.39 is 0 Å². The van der Waals surface area contributed by atoms with Crippen molar-refractivity contribution < 1.29 is 4.74 Å². The van der Waals surface area contributed by atoms with Gasteiger partial charge in [0.1, 0.15) is 6.10 Å². The van der Waals surface area contributed by atoms with Crippen LogP contribution in [-0.2, 0) is 0 Å². The predicted octanol–water partition coefficient (Wildman–Crippen LogP) is 1.01. The first-order chi connectivity index (χ1) is 6.45. The summed E-state index contributed by atoms with van der Waals surface area (Å²) < 4.78 is 5.67. The first-order valence-electron chi connectivity index (χ1n) is 4.64. The highest BCUT2D eigenvalue weighted by Crippen LogP contribution is 2.12. The van der Waals surface area contributed by atoms with Crippen molar-refractivity contribution in [3.05, 3.63) is 24.4 Å². The van der Waals surface area contributed by atoms with E-state index in [4.69, 9.17) is 4.74 Å². The molecule has 1 aliphatic rings. The van der Waals surface area contributed by atoms with Crippen molar-refractivity contribution in [3.63, 3.8) is 0 Å². The number of hydrogen-bond acceptors (Lipinski definition) is 3. The standard InChI is InChI=1S/C10H13N2O/c1-2-6-12-10(3-1)13-9-4-7-11-8-5-9/h2-3,6,9,11H,4-5,7-8H2. The minimum Gasteiger partial charge on any atom is -0.474 e. The minimum atomic E-state index is 0.324. The average Bonchev–Trinajstić information content (AvgIpc) is 2.21. The van der Waals surface area contributed by atoms with Gasteiger partial charge in [-0.1, -0.05) is 0 Å². The van der Waals surface area contributed by atoms with Crippen molar-refractivity contribution in [2.45, 2.75) is 18.9 Å². The zero-order valence-electron chi connectivity index (χ0n) is 7.49.